The number of rotatable bonds is 5. The second-order valence-electron chi connectivity index (χ2n) is 9.87. The number of aromatic nitrogens is 3. The molecule has 7 nitrogen and oxygen atoms in total. The molecule has 1 aliphatic heterocycles. The minimum Gasteiger partial charge on any atom is -0.493 e. The number of hydrogen-bond donors (Lipinski definition) is 1. The van der Waals surface area contributed by atoms with Crippen LogP contribution in [0.3, 0.4) is 0 Å². The number of nitrogens with zero attached hydrogens (tertiary/aromatic N) is 3. The molecule has 2 aliphatic rings. The van der Waals surface area contributed by atoms with E-state index in [-0.39, 0.29) is 17.2 Å². The maximum atomic E-state index is 12.9. The number of carbonyl (C=O) groups excluding carboxylic acids is 1. The number of anilines is 1. The molecular weight excluding hydrogens is 428 g/mol. The summed E-state index contributed by atoms with van der Waals surface area (Å²) in [6.07, 6.45) is 3.74. The molecule has 0 unspecified atom stereocenters. The average molecular weight is 459 g/mol. The van der Waals surface area contributed by atoms with Gasteiger partial charge in [-0.1, -0.05) is 51.1 Å². The van der Waals surface area contributed by atoms with Crippen LogP contribution < -0.4 is 14.8 Å². The lowest BCUT2D eigenvalue weighted by atomic mass is 9.85. The van der Waals surface area contributed by atoms with Gasteiger partial charge in [-0.3, -0.25) is 4.79 Å². The van der Waals surface area contributed by atoms with Gasteiger partial charge in [-0.15, -0.1) is 0 Å². The Morgan fingerprint density at radius 3 is 2.62 bits per heavy atom. The van der Waals surface area contributed by atoms with Crippen LogP contribution in [0.5, 0.6) is 11.5 Å². The Kier molecular flexibility index (Phi) is 5.63. The van der Waals surface area contributed by atoms with Gasteiger partial charge in [0.05, 0.1) is 7.11 Å². The van der Waals surface area contributed by atoms with Gasteiger partial charge >= 0.3 is 0 Å². The lowest BCUT2D eigenvalue weighted by Gasteiger charge is -2.32. The number of nitrogens with one attached hydrogen (secondary N) is 1. The Hall–Kier alpha value is -3.61. The Balaban J connectivity index is 1.42. The maximum Gasteiger partial charge on any atom is 0.226 e. The molecule has 0 radical (unpaired) electrons. The van der Waals surface area contributed by atoms with E-state index in [9.17, 15) is 4.79 Å². The van der Waals surface area contributed by atoms with Crippen molar-refractivity contribution in [2.24, 2.45) is 0 Å². The summed E-state index contributed by atoms with van der Waals surface area (Å²) in [5.41, 5.74) is 5.12. The number of ketones is 1. The van der Waals surface area contributed by atoms with Crippen LogP contribution in [-0.4, -0.2) is 27.7 Å². The molecule has 0 fully saturated rings. The van der Waals surface area contributed by atoms with E-state index in [1.165, 1.54) is 11.9 Å². The smallest absolute Gasteiger partial charge is 0.226 e. The predicted molar refractivity (Wildman–Crippen MR) is 130 cm³/mol. The zero-order valence-corrected chi connectivity index (χ0v) is 20.1. The number of ether oxygens (including phenoxy) is 2. The summed E-state index contributed by atoms with van der Waals surface area (Å²) < 4.78 is 13.6. The topological polar surface area (TPSA) is 78.3 Å². The number of hydrogen-bond acceptors (Lipinski definition) is 6. The summed E-state index contributed by atoms with van der Waals surface area (Å²) in [7, 11) is 1.63. The van der Waals surface area contributed by atoms with Gasteiger partial charge in [-0.25, -0.2) is 4.68 Å². The number of fused-ring (bicyclic) bond motifs is 1. The van der Waals surface area contributed by atoms with Gasteiger partial charge in [0.2, 0.25) is 5.95 Å². The van der Waals surface area contributed by atoms with Crippen molar-refractivity contribution in [3.8, 4) is 11.5 Å². The third-order valence-electron chi connectivity index (χ3n) is 6.53. The molecule has 0 spiro atoms. The van der Waals surface area contributed by atoms with E-state index >= 15 is 0 Å². The molecule has 7 heteroatoms. The van der Waals surface area contributed by atoms with E-state index in [1.54, 1.807) is 11.8 Å². The van der Waals surface area contributed by atoms with Crippen molar-refractivity contribution >= 4 is 11.7 Å². The van der Waals surface area contributed by atoms with Gasteiger partial charge < -0.3 is 14.8 Å². The van der Waals surface area contributed by atoms with Crippen molar-refractivity contribution in [3.05, 3.63) is 76.8 Å². The quantitative estimate of drug-likeness (QED) is 0.567. The van der Waals surface area contributed by atoms with Crippen molar-refractivity contribution in [2.45, 2.75) is 58.1 Å². The molecule has 1 atom stereocenters. The molecule has 0 bridgehead atoms. The van der Waals surface area contributed by atoms with Crippen molar-refractivity contribution in [2.75, 3.05) is 12.4 Å². The zero-order valence-electron chi connectivity index (χ0n) is 20.1. The molecule has 5 rings (SSSR count). The van der Waals surface area contributed by atoms with Crippen LogP contribution in [0.1, 0.15) is 62.8 Å². The van der Waals surface area contributed by atoms with E-state index in [0.717, 1.165) is 35.2 Å². The van der Waals surface area contributed by atoms with Crippen LogP contribution in [0.15, 0.2) is 60.1 Å². The number of methoxy groups -OCH3 is 1. The van der Waals surface area contributed by atoms with Crippen molar-refractivity contribution < 1.29 is 14.3 Å². The van der Waals surface area contributed by atoms with E-state index in [2.05, 4.69) is 60.4 Å². The molecule has 2 heterocycles. The Morgan fingerprint density at radius 2 is 1.88 bits per heavy atom. The van der Waals surface area contributed by atoms with Gasteiger partial charge in [-0.2, -0.15) is 10.1 Å². The molecule has 0 saturated heterocycles. The fourth-order valence-electron chi connectivity index (χ4n) is 4.64. The Bertz CT molecular complexity index is 1250. The van der Waals surface area contributed by atoms with Crippen LogP contribution >= 0.6 is 0 Å². The average Bonchev–Trinajstić information content (AvgIpc) is 3.29. The second-order valence-corrected chi connectivity index (χ2v) is 9.87. The largest absolute Gasteiger partial charge is 0.493 e. The van der Waals surface area contributed by atoms with Crippen LogP contribution in [0.2, 0.25) is 0 Å². The third kappa shape index (κ3) is 4.06. The number of benzene rings is 2. The monoisotopic (exact) mass is 458 g/mol. The molecule has 1 N–H and O–H groups in total. The van der Waals surface area contributed by atoms with E-state index in [4.69, 9.17) is 9.47 Å². The van der Waals surface area contributed by atoms with Gasteiger partial charge in [0, 0.05) is 17.7 Å². The summed E-state index contributed by atoms with van der Waals surface area (Å²) in [6.45, 7) is 7.05. The van der Waals surface area contributed by atoms with Crippen molar-refractivity contribution in [1.29, 1.82) is 0 Å². The number of carbonyl (C=O) groups is 1. The van der Waals surface area contributed by atoms with Gasteiger partial charge in [0.25, 0.3) is 0 Å². The van der Waals surface area contributed by atoms with Crippen LogP contribution in [0.4, 0.5) is 5.95 Å². The van der Waals surface area contributed by atoms with Crippen LogP contribution in [0.25, 0.3) is 0 Å². The maximum absolute atomic E-state index is 12.9. The second kappa shape index (κ2) is 8.63. The van der Waals surface area contributed by atoms with Gasteiger partial charge in [0.1, 0.15) is 19.0 Å². The molecule has 0 amide bonds. The number of allylic oxidation sites excluding steroid dienone is 2. The van der Waals surface area contributed by atoms with Crippen LogP contribution in [0, 0.1) is 0 Å². The van der Waals surface area contributed by atoms with Crippen molar-refractivity contribution in [1.82, 2.24) is 14.8 Å². The molecule has 0 saturated carbocycles. The molecule has 3 aromatic rings. The highest BCUT2D eigenvalue weighted by atomic mass is 16.5. The third-order valence-corrected chi connectivity index (χ3v) is 6.53. The van der Waals surface area contributed by atoms with Gasteiger partial charge in [0.15, 0.2) is 17.3 Å². The normalized spacial score (nSPS) is 17.6. The first kappa shape index (κ1) is 22.2. The Morgan fingerprint density at radius 1 is 1.09 bits per heavy atom. The highest BCUT2D eigenvalue weighted by Gasteiger charge is 2.36. The lowest BCUT2D eigenvalue weighted by molar-refractivity contribution is -0.116. The summed E-state index contributed by atoms with van der Waals surface area (Å²) in [4.78, 5) is 17.2. The fourth-order valence-corrected chi connectivity index (χ4v) is 4.64. The predicted octanol–water partition coefficient (Wildman–Crippen LogP) is 5.19. The molecule has 176 valence electrons. The molecule has 34 heavy (non-hydrogen) atoms. The molecule has 1 aromatic heterocycles. The molecular formula is C27H30N4O3. The molecule has 2 aromatic carbocycles. The first-order valence-corrected chi connectivity index (χ1v) is 11.7. The highest BCUT2D eigenvalue weighted by molar-refractivity contribution is 5.99. The van der Waals surface area contributed by atoms with E-state index < -0.39 is 0 Å². The summed E-state index contributed by atoms with van der Waals surface area (Å²) >= 11 is 0. The summed E-state index contributed by atoms with van der Waals surface area (Å²) in [5.74, 6) is 2.08. The van der Waals surface area contributed by atoms with Crippen LogP contribution in [-0.2, 0) is 16.8 Å². The lowest BCUT2D eigenvalue weighted by Crippen LogP contribution is -2.31. The SMILES string of the molecule is COc1cc([C@H]2C3=C(CCCC3=O)Nc3ncnn32)ccc1OCc1ccc(C(C)(C)C)cc1. The first-order chi connectivity index (χ1) is 16.3. The first-order valence-electron chi connectivity index (χ1n) is 11.7. The van der Waals surface area contributed by atoms with Crippen molar-refractivity contribution in [3.63, 3.8) is 0 Å². The van der Waals surface area contributed by atoms with E-state index in [1.807, 2.05) is 18.2 Å². The standard InChI is InChI=1S/C27H30N4O3/c1-27(2,3)19-11-8-17(9-12-19)15-34-22-13-10-18(14-23(22)33-4)25-24-20(6-5-7-21(24)32)30-26-28-16-29-31(25)26/h8-14,16,25H,5-7,15H2,1-4H3,(H,28,29,30)/t25-/m0/s1. The summed E-state index contributed by atoms with van der Waals surface area (Å²) in [5, 5.41) is 7.70. The minimum atomic E-state index is -0.338. The van der Waals surface area contributed by atoms with E-state index in [0.29, 0.717) is 30.5 Å². The number of Topliss-reactive ketones (excluding diaryl/α,β-unsaturated/α-hetero) is 1. The fraction of sp³-hybridized carbons (Fsp3) is 0.370. The zero-order chi connectivity index (χ0) is 23.9. The van der Waals surface area contributed by atoms with Gasteiger partial charge in [-0.05, 0) is 47.1 Å². The molecule has 1 aliphatic carbocycles. The summed E-state index contributed by atoms with van der Waals surface area (Å²) in [6, 6.07) is 14.0. The highest BCUT2D eigenvalue weighted by Crippen LogP contribution is 2.41. The minimum absolute atomic E-state index is 0.117. The Labute approximate surface area is 199 Å².